The summed E-state index contributed by atoms with van der Waals surface area (Å²) in [5.41, 5.74) is 0. The molecule has 8 nitrogen and oxygen atoms in total. The Morgan fingerprint density at radius 2 is 1.81 bits per heavy atom. The zero-order chi connectivity index (χ0) is 18.4. The lowest BCUT2D eigenvalue weighted by molar-refractivity contribution is -0.170. The van der Waals surface area contributed by atoms with E-state index in [4.69, 9.17) is 9.47 Å². The van der Waals surface area contributed by atoms with Crippen LogP contribution in [0.25, 0.3) is 0 Å². The van der Waals surface area contributed by atoms with Crippen molar-refractivity contribution in [3.05, 3.63) is 48.9 Å². The number of rotatable bonds is 5. The van der Waals surface area contributed by atoms with Gasteiger partial charge in [0.2, 0.25) is 0 Å². The van der Waals surface area contributed by atoms with Crippen molar-refractivity contribution in [3.8, 4) is 5.75 Å². The second kappa shape index (κ2) is 8.39. The van der Waals surface area contributed by atoms with Gasteiger partial charge >= 0.3 is 11.9 Å². The first-order valence-electron chi connectivity index (χ1n) is 8.32. The molecule has 1 aromatic heterocycles. The molecule has 1 aromatic carbocycles. The molecule has 0 radical (unpaired) electrons. The molecule has 1 atom stereocenters. The summed E-state index contributed by atoms with van der Waals surface area (Å²) in [7, 11) is 0. The maximum absolute atomic E-state index is 12.4. The van der Waals surface area contributed by atoms with Gasteiger partial charge in [0.05, 0.1) is 0 Å². The minimum atomic E-state index is -0.978. The summed E-state index contributed by atoms with van der Waals surface area (Å²) in [6, 6.07) is 10.8. The fraction of sp³-hybridized carbons (Fsp3) is 0.333. The highest BCUT2D eigenvalue weighted by molar-refractivity contribution is 5.86. The average Bonchev–Trinajstić information content (AvgIpc) is 2.67. The molecule has 0 N–H and O–H groups in total. The zero-order valence-corrected chi connectivity index (χ0v) is 14.4. The van der Waals surface area contributed by atoms with Crippen LogP contribution in [-0.2, 0) is 14.3 Å². The van der Waals surface area contributed by atoms with Crippen LogP contribution in [0.4, 0.5) is 5.82 Å². The molecule has 26 heavy (non-hydrogen) atoms. The predicted molar refractivity (Wildman–Crippen MR) is 93.4 cm³/mol. The molecule has 0 spiro atoms. The molecule has 1 unspecified atom stereocenters. The minimum Gasteiger partial charge on any atom is -0.464 e. The first kappa shape index (κ1) is 17.8. The fourth-order valence-corrected chi connectivity index (χ4v) is 2.75. The summed E-state index contributed by atoms with van der Waals surface area (Å²) < 4.78 is 10.6. The van der Waals surface area contributed by atoms with Crippen molar-refractivity contribution in [1.82, 2.24) is 14.9 Å². The highest BCUT2D eigenvalue weighted by atomic mass is 16.6. The lowest BCUT2D eigenvalue weighted by Gasteiger charge is -2.38. The zero-order valence-electron chi connectivity index (χ0n) is 14.4. The van der Waals surface area contributed by atoms with E-state index in [0.29, 0.717) is 31.9 Å². The maximum atomic E-state index is 12.4. The molecule has 8 heteroatoms. The number of benzene rings is 1. The quantitative estimate of drug-likeness (QED) is 0.581. The summed E-state index contributed by atoms with van der Waals surface area (Å²) in [4.78, 5) is 35.7. The van der Waals surface area contributed by atoms with Gasteiger partial charge in [-0.3, -0.25) is 9.69 Å². The van der Waals surface area contributed by atoms with E-state index in [-0.39, 0.29) is 0 Å². The molecule has 2 aromatic rings. The number of carbonyl (C=O) groups is 2. The molecule has 136 valence electrons. The van der Waals surface area contributed by atoms with Gasteiger partial charge in [-0.05, 0) is 18.2 Å². The van der Waals surface area contributed by atoms with Crippen LogP contribution in [0.15, 0.2) is 48.9 Å². The Bertz CT molecular complexity index is 733. The number of nitrogens with zero attached hydrogens (tertiary/aromatic N) is 4. The van der Waals surface area contributed by atoms with Crippen molar-refractivity contribution in [2.45, 2.75) is 13.2 Å². The minimum absolute atomic E-state index is 0.538. The molecule has 2 heterocycles. The smallest absolute Gasteiger partial charge is 0.370 e. The summed E-state index contributed by atoms with van der Waals surface area (Å²) in [6.45, 7) is 3.66. The number of ether oxygens (including phenoxy) is 2. The van der Waals surface area contributed by atoms with E-state index in [1.807, 2.05) is 29.2 Å². The van der Waals surface area contributed by atoms with Crippen molar-refractivity contribution < 1.29 is 19.1 Å². The van der Waals surface area contributed by atoms with Crippen LogP contribution >= 0.6 is 0 Å². The van der Waals surface area contributed by atoms with Crippen molar-refractivity contribution in [3.63, 3.8) is 0 Å². The van der Waals surface area contributed by atoms with Gasteiger partial charge in [-0.25, -0.2) is 14.8 Å². The third kappa shape index (κ3) is 4.54. The summed E-state index contributed by atoms with van der Waals surface area (Å²) in [5.74, 6) is 0.0100. The van der Waals surface area contributed by atoms with E-state index < -0.39 is 18.2 Å². The number of hydrogen-bond acceptors (Lipinski definition) is 8. The van der Waals surface area contributed by atoms with E-state index in [1.54, 1.807) is 18.3 Å². The van der Waals surface area contributed by atoms with Gasteiger partial charge in [-0.1, -0.05) is 18.2 Å². The summed E-state index contributed by atoms with van der Waals surface area (Å²) >= 11 is 0. The molecule has 0 amide bonds. The number of esters is 2. The lowest BCUT2D eigenvalue weighted by atomic mass is 10.3. The predicted octanol–water partition coefficient (Wildman–Crippen LogP) is 1.09. The van der Waals surface area contributed by atoms with Gasteiger partial charge in [0.1, 0.15) is 17.9 Å². The first-order valence-corrected chi connectivity index (χ1v) is 8.32. The van der Waals surface area contributed by atoms with Crippen LogP contribution in [0, 0.1) is 0 Å². The molecular weight excluding hydrogens is 336 g/mol. The summed E-state index contributed by atoms with van der Waals surface area (Å²) in [6.07, 6.45) is 2.22. The monoisotopic (exact) mass is 356 g/mol. The normalized spacial score (nSPS) is 16.0. The Kier molecular flexibility index (Phi) is 5.75. The van der Waals surface area contributed by atoms with E-state index in [0.717, 1.165) is 5.82 Å². The average molecular weight is 356 g/mol. The Hall–Kier alpha value is -3.00. The van der Waals surface area contributed by atoms with Crippen molar-refractivity contribution in [1.29, 1.82) is 0 Å². The Balaban J connectivity index is 1.69. The molecule has 3 rings (SSSR count). The van der Waals surface area contributed by atoms with Crippen LogP contribution in [0.1, 0.15) is 6.92 Å². The van der Waals surface area contributed by atoms with Gasteiger partial charge in [0.25, 0.3) is 6.23 Å². The second-order valence-electron chi connectivity index (χ2n) is 5.79. The van der Waals surface area contributed by atoms with Gasteiger partial charge < -0.3 is 14.4 Å². The second-order valence-corrected chi connectivity index (χ2v) is 5.79. The van der Waals surface area contributed by atoms with E-state index in [9.17, 15) is 9.59 Å². The third-order valence-electron chi connectivity index (χ3n) is 3.97. The molecule has 0 bridgehead atoms. The Labute approximate surface area is 151 Å². The number of anilines is 1. The maximum Gasteiger partial charge on any atom is 0.370 e. The number of para-hydroxylation sites is 1. The third-order valence-corrected chi connectivity index (χ3v) is 3.97. The summed E-state index contributed by atoms with van der Waals surface area (Å²) in [5, 5.41) is 0. The van der Waals surface area contributed by atoms with Crippen LogP contribution < -0.4 is 9.64 Å². The molecular formula is C18H20N4O4. The molecule has 1 aliphatic rings. The Morgan fingerprint density at radius 3 is 2.42 bits per heavy atom. The van der Waals surface area contributed by atoms with Crippen LogP contribution in [0.2, 0.25) is 0 Å². The van der Waals surface area contributed by atoms with Crippen LogP contribution in [0.3, 0.4) is 0 Å². The van der Waals surface area contributed by atoms with Crippen molar-refractivity contribution >= 4 is 17.8 Å². The highest BCUT2D eigenvalue weighted by Gasteiger charge is 2.33. The van der Waals surface area contributed by atoms with Crippen molar-refractivity contribution in [2.24, 2.45) is 0 Å². The van der Waals surface area contributed by atoms with Gasteiger partial charge in [-0.2, -0.15) is 0 Å². The molecule has 1 aliphatic heterocycles. The number of aromatic nitrogens is 2. The fourth-order valence-electron chi connectivity index (χ4n) is 2.75. The van der Waals surface area contributed by atoms with E-state index in [1.165, 1.54) is 13.3 Å². The Morgan fingerprint density at radius 1 is 1.08 bits per heavy atom. The number of carbonyl (C=O) groups excluding carboxylic acids is 2. The highest BCUT2D eigenvalue weighted by Crippen LogP contribution is 2.18. The first-order chi connectivity index (χ1) is 12.6. The number of hydrogen-bond donors (Lipinski definition) is 0. The molecule has 1 fully saturated rings. The van der Waals surface area contributed by atoms with Gasteiger partial charge in [0, 0.05) is 39.3 Å². The molecule has 0 aliphatic carbocycles. The van der Waals surface area contributed by atoms with Crippen LogP contribution in [0.5, 0.6) is 5.75 Å². The topological polar surface area (TPSA) is 84.9 Å². The number of piperazine rings is 1. The van der Waals surface area contributed by atoms with Gasteiger partial charge in [0.15, 0.2) is 0 Å². The molecule has 1 saturated heterocycles. The van der Waals surface area contributed by atoms with E-state index >= 15 is 0 Å². The van der Waals surface area contributed by atoms with Crippen LogP contribution in [-0.4, -0.2) is 59.2 Å². The molecule has 0 saturated carbocycles. The van der Waals surface area contributed by atoms with E-state index in [2.05, 4.69) is 14.9 Å². The standard InChI is InChI=1S/C18H20N4O4/c1-14(23)25-18(24)17(26-15-5-3-2-4-6-15)22-11-9-21(10-12-22)16-7-8-19-13-20-16/h2-8,13,17H,9-12H2,1H3. The largest absolute Gasteiger partial charge is 0.464 e. The van der Waals surface area contributed by atoms with Gasteiger partial charge in [-0.15, -0.1) is 0 Å². The van der Waals surface area contributed by atoms with Crippen molar-refractivity contribution in [2.75, 3.05) is 31.1 Å². The lowest BCUT2D eigenvalue weighted by Crippen LogP contribution is -2.55. The SMILES string of the molecule is CC(=O)OC(=O)C(Oc1ccccc1)N1CCN(c2ccncn2)CC1.